The number of aliphatic hydroxyl groups excluding tert-OH is 1. The van der Waals surface area contributed by atoms with Crippen molar-refractivity contribution < 1.29 is 22.7 Å². The summed E-state index contributed by atoms with van der Waals surface area (Å²) in [5.74, 6) is -0.981. The molecule has 1 nitrogen and oxygen atoms in total. The highest BCUT2D eigenvalue weighted by atomic mass is 32.1. The zero-order valence-electron chi connectivity index (χ0n) is 9.83. The standard InChI is InChI=1S/C13H10F4OS/c1-7-9(4-5-19-7)12(18)10-3-2-8(14)6-11(10)13(15,16)17/h2-6,12,18H,1H3. The van der Waals surface area contributed by atoms with Crippen LogP contribution in [0.3, 0.4) is 0 Å². The van der Waals surface area contributed by atoms with Crippen LogP contribution in [0.1, 0.15) is 27.7 Å². The smallest absolute Gasteiger partial charge is 0.384 e. The molecule has 6 heteroatoms. The van der Waals surface area contributed by atoms with Crippen molar-refractivity contribution >= 4 is 11.3 Å². The molecule has 2 rings (SSSR count). The summed E-state index contributed by atoms with van der Waals surface area (Å²) in [4.78, 5) is 0.727. The summed E-state index contributed by atoms with van der Waals surface area (Å²) in [6, 6.07) is 3.85. The average Bonchev–Trinajstić information content (AvgIpc) is 2.73. The van der Waals surface area contributed by atoms with Gasteiger partial charge in [-0.1, -0.05) is 6.07 Å². The Bertz CT molecular complexity index is 589. The van der Waals surface area contributed by atoms with Gasteiger partial charge in [0.1, 0.15) is 11.9 Å². The van der Waals surface area contributed by atoms with Crippen molar-refractivity contribution in [2.75, 3.05) is 0 Å². The molecule has 0 radical (unpaired) electrons. The van der Waals surface area contributed by atoms with E-state index in [1.165, 1.54) is 11.3 Å². The molecule has 1 N–H and O–H groups in total. The van der Waals surface area contributed by atoms with Gasteiger partial charge in [0, 0.05) is 4.88 Å². The average molecular weight is 290 g/mol. The largest absolute Gasteiger partial charge is 0.416 e. The van der Waals surface area contributed by atoms with E-state index < -0.39 is 23.7 Å². The van der Waals surface area contributed by atoms with Gasteiger partial charge in [-0.2, -0.15) is 13.2 Å². The molecule has 0 saturated carbocycles. The molecule has 2 aromatic rings. The van der Waals surface area contributed by atoms with E-state index in [2.05, 4.69) is 0 Å². The number of alkyl halides is 3. The van der Waals surface area contributed by atoms with E-state index in [0.29, 0.717) is 11.6 Å². The van der Waals surface area contributed by atoms with Crippen LogP contribution in [-0.2, 0) is 6.18 Å². The van der Waals surface area contributed by atoms with Gasteiger partial charge in [-0.05, 0) is 41.6 Å². The number of halogens is 4. The SMILES string of the molecule is Cc1sccc1C(O)c1ccc(F)cc1C(F)(F)F. The fourth-order valence-electron chi connectivity index (χ4n) is 1.86. The summed E-state index contributed by atoms with van der Waals surface area (Å²) in [5.41, 5.74) is -1.08. The molecule has 0 amide bonds. The molecule has 0 aliphatic heterocycles. The van der Waals surface area contributed by atoms with Crippen molar-refractivity contribution in [1.29, 1.82) is 0 Å². The van der Waals surface area contributed by atoms with Gasteiger partial charge in [-0.15, -0.1) is 11.3 Å². The van der Waals surface area contributed by atoms with Crippen LogP contribution in [0.5, 0.6) is 0 Å². The summed E-state index contributed by atoms with van der Waals surface area (Å²) in [6.07, 6.45) is -6.12. The highest BCUT2D eigenvalue weighted by molar-refractivity contribution is 7.10. The van der Waals surface area contributed by atoms with E-state index in [1.54, 1.807) is 18.4 Å². The maximum absolute atomic E-state index is 13.0. The zero-order valence-corrected chi connectivity index (χ0v) is 10.6. The van der Waals surface area contributed by atoms with Gasteiger partial charge in [-0.3, -0.25) is 0 Å². The van der Waals surface area contributed by atoms with Crippen molar-refractivity contribution in [3.8, 4) is 0 Å². The maximum atomic E-state index is 13.0. The Morgan fingerprint density at radius 1 is 1.16 bits per heavy atom. The predicted octanol–water partition coefficient (Wildman–Crippen LogP) is 4.30. The molecule has 1 aromatic carbocycles. The van der Waals surface area contributed by atoms with E-state index in [4.69, 9.17) is 0 Å². The number of thiophene rings is 1. The normalized spacial score (nSPS) is 13.6. The van der Waals surface area contributed by atoms with Gasteiger partial charge >= 0.3 is 6.18 Å². The molecular formula is C13H10F4OS. The lowest BCUT2D eigenvalue weighted by molar-refractivity contribution is -0.139. The summed E-state index contributed by atoms with van der Waals surface area (Å²) in [6.45, 7) is 1.71. The van der Waals surface area contributed by atoms with Gasteiger partial charge < -0.3 is 5.11 Å². The Morgan fingerprint density at radius 2 is 1.84 bits per heavy atom. The molecule has 102 valence electrons. The molecule has 1 atom stereocenters. The topological polar surface area (TPSA) is 20.2 Å². The Kier molecular flexibility index (Phi) is 3.64. The number of hydrogen-bond donors (Lipinski definition) is 1. The second-order valence-corrected chi connectivity index (χ2v) is 5.18. The van der Waals surface area contributed by atoms with Gasteiger partial charge in [-0.25, -0.2) is 4.39 Å². The molecule has 0 aliphatic rings. The summed E-state index contributed by atoms with van der Waals surface area (Å²) in [5, 5.41) is 11.8. The van der Waals surface area contributed by atoms with Crippen LogP contribution in [0.25, 0.3) is 0 Å². The molecule has 1 heterocycles. The van der Waals surface area contributed by atoms with Crippen LogP contribution in [0.2, 0.25) is 0 Å². The van der Waals surface area contributed by atoms with Crippen LogP contribution < -0.4 is 0 Å². The second kappa shape index (κ2) is 4.94. The third kappa shape index (κ3) is 2.79. The van der Waals surface area contributed by atoms with Crippen molar-refractivity contribution in [3.05, 3.63) is 57.0 Å². The van der Waals surface area contributed by atoms with Gasteiger partial charge in [0.05, 0.1) is 5.56 Å². The molecule has 1 unspecified atom stereocenters. The van der Waals surface area contributed by atoms with Gasteiger partial charge in [0.25, 0.3) is 0 Å². The van der Waals surface area contributed by atoms with Gasteiger partial charge in [0.15, 0.2) is 0 Å². The number of aryl methyl sites for hydroxylation is 1. The number of hydrogen-bond acceptors (Lipinski definition) is 2. The molecule has 0 saturated heterocycles. The molecule has 0 fully saturated rings. The van der Waals surface area contributed by atoms with E-state index in [1.807, 2.05) is 0 Å². The first-order chi connectivity index (χ1) is 8.80. The minimum Gasteiger partial charge on any atom is -0.384 e. The van der Waals surface area contributed by atoms with Crippen LogP contribution in [0.4, 0.5) is 17.6 Å². The Balaban J connectivity index is 2.54. The first-order valence-electron chi connectivity index (χ1n) is 5.39. The lowest BCUT2D eigenvalue weighted by Gasteiger charge is -2.17. The molecule has 0 bridgehead atoms. The van der Waals surface area contributed by atoms with E-state index >= 15 is 0 Å². The van der Waals surface area contributed by atoms with E-state index in [0.717, 1.165) is 17.0 Å². The highest BCUT2D eigenvalue weighted by Crippen LogP contribution is 2.38. The molecule has 0 spiro atoms. The van der Waals surface area contributed by atoms with Crippen molar-refractivity contribution in [1.82, 2.24) is 0 Å². The van der Waals surface area contributed by atoms with Crippen LogP contribution in [0, 0.1) is 12.7 Å². The van der Waals surface area contributed by atoms with Gasteiger partial charge in [0.2, 0.25) is 0 Å². The van der Waals surface area contributed by atoms with Crippen LogP contribution >= 0.6 is 11.3 Å². The first kappa shape index (κ1) is 14.0. The third-order valence-electron chi connectivity index (χ3n) is 2.81. The summed E-state index contributed by atoms with van der Waals surface area (Å²) < 4.78 is 51.6. The minimum atomic E-state index is -4.71. The second-order valence-electron chi connectivity index (χ2n) is 4.06. The summed E-state index contributed by atoms with van der Waals surface area (Å²) >= 11 is 1.33. The van der Waals surface area contributed by atoms with Crippen molar-refractivity contribution in [3.63, 3.8) is 0 Å². The quantitative estimate of drug-likeness (QED) is 0.818. The molecule has 0 aliphatic carbocycles. The lowest BCUT2D eigenvalue weighted by atomic mass is 9.97. The first-order valence-corrected chi connectivity index (χ1v) is 6.27. The van der Waals surface area contributed by atoms with Crippen molar-refractivity contribution in [2.45, 2.75) is 19.2 Å². The third-order valence-corrected chi connectivity index (χ3v) is 3.67. The zero-order chi connectivity index (χ0) is 14.2. The summed E-state index contributed by atoms with van der Waals surface area (Å²) in [7, 11) is 0. The van der Waals surface area contributed by atoms with Crippen LogP contribution in [0.15, 0.2) is 29.6 Å². The Hall–Kier alpha value is -1.40. The van der Waals surface area contributed by atoms with Crippen molar-refractivity contribution in [2.24, 2.45) is 0 Å². The predicted molar refractivity (Wildman–Crippen MR) is 64.5 cm³/mol. The molecule has 19 heavy (non-hydrogen) atoms. The fourth-order valence-corrected chi connectivity index (χ4v) is 2.59. The van der Waals surface area contributed by atoms with E-state index in [-0.39, 0.29) is 5.56 Å². The molecule has 1 aromatic heterocycles. The minimum absolute atomic E-state index is 0.338. The highest BCUT2D eigenvalue weighted by Gasteiger charge is 2.36. The van der Waals surface area contributed by atoms with E-state index in [9.17, 15) is 22.7 Å². The number of aliphatic hydroxyl groups is 1. The monoisotopic (exact) mass is 290 g/mol. The Morgan fingerprint density at radius 3 is 2.37 bits per heavy atom. The lowest BCUT2D eigenvalue weighted by Crippen LogP contribution is -2.13. The maximum Gasteiger partial charge on any atom is 0.416 e. The molecular weight excluding hydrogens is 280 g/mol. The number of benzene rings is 1. The van der Waals surface area contributed by atoms with Crippen LogP contribution in [-0.4, -0.2) is 5.11 Å². The number of rotatable bonds is 2. The fraction of sp³-hybridized carbons (Fsp3) is 0.231. The Labute approximate surface area is 111 Å².